The van der Waals surface area contributed by atoms with E-state index in [1.807, 2.05) is 11.8 Å². The smallest absolute Gasteiger partial charge is 0.244 e. The molecule has 0 spiro atoms. The van der Waals surface area contributed by atoms with Gasteiger partial charge in [-0.05, 0) is 50.9 Å². The van der Waals surface area contributed by atoms with E-state index in [2.05, 4.69) is 43.4 Å². The second-order valence-electron chi connectivity index (χ2n) is 5.04. The minimum Gasteiger partial charge on any atom is -0.308 e. The van der Waals surface area contributed by atoms with Crippen molar-refractivity contribution >= 4 is 11.6 Å². The third-order valence-electron chi connectivity index (χ3n) is 3.68. The molecule has 0 radical (unpaired) electrons. The van der Waals surface area contributed by atoms with Crippen LogP contribution in [0, 0.1) is 0 Å². The fourth-order valence-electron chi connectivity index (χ4n) is 2.42. The summed E-state index contributed by atoms with van der Waals surface area (Å²) >= 11 is 0. The van der Waals surface area contributed by atoms with Gasteiger partial charge in [0.1, 0.15) is 0 Å². The predicted molar refractivity (Wildman–Crippen MR) is 74.8 cm³/mol. The Labute approximate surface area is 109 Å². The first-order chi connectivity index (χ1) is 8.63. The standard InChI is InChI=1S/C15H22N2O/c1-4-13-5-7-14(8-6-13)17-11(2)9-10-16-12(3)15(17)18/h5-8,11-12,16H,4,9-10H2,1-3H3. The van der Waals surface area contributed by atoms with E-state index in [0.717, 1.165) is 25.1 Å². The maximum Gasteiger partial charge on any atom is 0.244 e. The van der Waals surface area contributed by atoms with Crippen LogP contribution in [0.25, 0.3) is 0 Å². The molecular weight excluding hydrogens is 224 g/mol. The number of anilines is 1. The number of amides is 1. The van der Waals surface area contributed by atoms with E-state index in [1.165, 1.54) is 5.56 Å². The van der Waals surface area contributed by atoms with Crippen molar-refractivity contribution in [1.82, 2.24) is 5.32 Å². The summed E-state index contributed by atoms with van der Waals surface area (Å²) in [4.78, 5) is 14.3. The lowest BCUT2D eigenvalue weighted by Crippen LogP contribution is -2.44. The number of carbonyl (C=O) groups is 1. The first-order valence-corrected chi connectivity index (χ1v) is 6.79. The van der Waals surface area contributed by atoms with Crippen LogP contribution in [-0.4, -0.2) is 24.5 Å². The Morgan fingerprint density at radius 2 is 1.94 bits per heavy atom. The monoisotopic (exact) mass is 246 g/mol. The fraction of sp³-hybridized carbons (Fsp3) is 0.533. The van der Waals surface area contributed by atoms with Crippen LogP contribution in [0.3, 0.4) is 0 Å². The lowest BCUT2D eigenvalue weighted by molar-refractivity contribution is -0.120. The van der Waals surface area contributed by atoms with Crippen molar-refractivity contribution in [3.05, 3.63) is 29.8 Å². The van der Waals surface area contributed by atoms with E-state index in [1.54, 1.807) is 0 Å². The minimum atomic E-state index is -0.0965. The highest BCUT2D eigenvalue weighted by molar-refractivity contribution is 5.97. The van der Waals surface area contributed by atoms with Crippen molar-refractivity contribution in [1.29, 1.82) is 0 Å². The van der Waals surface area contributed by atoms with E-state index in [0.29, 0.717) is 0 Å². The summed E-state index contributed by atoms with van der Waals surface area (Å²) in [5, 5.41) is 3.26. The highest BCUT2D eigenvalue weighted by atomic mass is 16.2. The van der Waals surface area contributed by atoms with Crippen LogP contribution in [-0.2, 0) is 11.2 Å². The lowest BCUT2D eigenvalue weighted by atomic mass is 10.1. The Balaban J connectivity index is 2.29. The van der Waals surface area contributed by atoms with Gasteiger partial charge >= 0.3 is 0 Å². The molecule has 3 heteroatoms. The van der Waals surface area contributed by atoms with Crippen molar-refractivity contribution in [2.45, 2.75) is 45.7 Å². The summed E-state index contributed by atoms with van der Waals surface area (Å²) in [6.07, 6.45) is 2.02. The van der Waals surface area contributed by atoms with Gasteiger partial charge in [-0.15, -0.1) is 0 Å². The molecule has 2 rings (SSSR count). The maximum absolute atomic E-state index is 12.4. The molecule has 1 aliphatic rings. The van der Waals surface area contributed by atoms with Crippen LogP contribution >= 0.6 is 0 Å². The number of nitrogens with one attached hydrogen (secondary N) is 1. The topological polar surface area (TPSA) is 32.3 Å². The third-order valence-corrected chi connectivity index (χ3v) is 3.68. The van der Waals surface area contributed by atoms with E-state index in [9.17, 15) is 4.79 Å². The van der Waals surface area contributed by atoms with Gasteiger partial charge < -0.3 is 10.2 Å². The SMILES string of the molecule is CCc1ccc(N2C(=O)C(C)NCCC2C)cc1. The van der Waals surface area contributed by atoms with Crippen LogP contribution in [0.2, 0.25) is 0 Å². The van der Waals surface area contributed by atoms with Gasteiger partial charge in [0.25, 0.3) is 0 Å². The van der Waals surface area contributed by atoms with Gasteiger partial charge in [-0.2, -0.15) is 0 Å². The Morgan fingerprint density at radius 1 is 1.28 bits per heavy atom. The fourth-order valence-corrected chi connectivity index (χ4v) is 2.42. The minimum absolute atomic E-state index is 0.0965. The molecule has 1 aromatic rings. The number of carbonyl (C=O) groups excluding carboxylic acids is 1. The van der Waals surface area contributed by atoms with E-state index < -0.39 is 0 Å². The molecule has 1 heterocycles. The first kappa shape index (κ1) is 13.1. The third kappa shape index (κ3) is 2.56. The molecule has 1 aromatic carbocycles. The molecule has 3 nitrogen and oxygen atoms in total. The molecular formula is C15H22N2O. The second kappa shape index (κ2) is 5.53. The molecule has 1 aliphatic heterocycles. The summed E-state index contributed by atoms with van der Waals surface area (Å²) in [7, 11) is 0. The van der Waals surface area contributed by atoms with Crippen LogP contribution in [0.15, 0.2) is 24.3 Å². The van der Waals surface area contributed by atoms with Crippen LogP contribution in [0.5, 0.6) is 0 Å². The molecule has 0 aromatic heterocycles. The van der Waals surface area contributed by atoms with Gasteiger partial charge in [-0.1, -0.05) is 19.1 Å². The maximum atomic E-state index is 12.4. The molecule has 98 valence electrons. The average Bonchev–Trinajstić information content (AvgIpc) is 2.50. The van der Waals surface area contributed by atoms with Gasteiger partial charge in [0.05, 0.1) is 6.04 Å². The van der Waals surface area contributed by atoms with Crippen molar-refractivity contribution in [2.75, 3.05) is 11.4 Å². The zero-order valence-corrected chi connectivity index (χ0v) is 11.4. The molecule has 1 amide bonds. The van der Waals surface area contributed by atoms with E-state index >= 15 is 0 Å². The zero-order chi connectivity index (χ0) is 13.1. The van der Waals surface area contributed by atoms with Gasteiger partial charge in [-0.25, -0.2) is 0 Å². The van der Waals surface area contributed by atoms with Crippen molar-refractivity contribution in [3.8, 4) is 0 Å². The second-order valence-corrected chi connectivity index (χ2v) is 5.04. The molecule has 0 aliphatic carbocycles. The highest BCUT2D eigenvalue weighted by Gasteiger charge is 2.28. The van der Waals surface area contributed by atoms with Crippen LogP contribution < -0.4 is 10.2 Å². The lowest BCUT2D eigenvalue weighted by Gasteiger charge is -2.28. The van der Waals surface area contributed by atoms with E-state index in [4.69, 9.17) is 0 Å². The van der Waals surface area contributed by atoms with Gasteiger partial charge in [-0.3, -0.25) is 4.79 Å². The summed E-state index contributed by atoms with van der Waals surface area (Å²) in [6, 6.07) is 8.50. The van der Waals surface area contributed by atoms with Gasteiger partial charge in [0.2, 0.25) is 5.91 Å². The summed E-state index contributed by atoms with van der Waals surface area (Å²) in [5.41, 5.74) is 2.32. The summed E-state index contributed by atoms with van der Waals surface area (Å²) < 4.78 is 0. The van der Waals surface area contributed by atoms with Crippen molar-refractivity contribution in [3.63, 3.8) is 0 Å². The summed E-state index contributed by atoms with van der Waals surface area (Å²) in [5.74, 6) is 0.171. The van der Waals surface area contributed by atoms with E-state index in [-0.39, 0.29) is 18.0 Å². The number of hydrogen-bond donors (Lipinski definition) is 1. The number of rotatable bonds is 2. The Kier molecular flexibility index (Phi) is 4.02. The predicted octanol–water partition coefficient (Wildman–Crippen LogP) is 2.35. The first-order valence-electron chi connectivity index (χ1n) is 6.79. The van der Waals surface area contributed by atoms with Gasteiger partial charge in [0, 0.05) is 11.7 Å². The Bertz CT molecular complexity index is 413. The Hall–Kier alpha value is -1.35. The number of benzene rings is 1. The quantitative estimate of drug-likeness (QED) is 0.868. The zero-order valence-electron chi connectivity index (χ0n) is 11.4. The van der Waals surface area contributed by atoms with Crippen LogP contribution in [0.1, 0.15) is 32.8 Å². The van der Waals surface area contributed by atoms with Crippen molar-refractivity contribution < 1.29 is 4.79 Å². The molecule has 18 heavy (non-hydrogen) atoms. The number of aryl methyl sites for hydroxylation is 1. The van der Waals surface area contributed by atoms with Crippen molar-refractivity contribution in [2.24, 2.45) is 0 Å². The average molecular weight is 246 g/mol. The molecule has 1 N–H and O–H groups in total. The number of hydrogen-bond acceptors (Lipinski definition) is 2. The Morgan fingerprint density at radius 3 is 2.56 bits per heavy atom. The largest absolute Gasteiger partial charge is 0.308 e. The summed E-state index contributed by atoms with van der Waals surface area (Å²) in [6.45, 7) is 7.09. The molecule has 0 bridgehead atoms. The molecule has 2 unspecified atom stereocenters. The van der Waals surface area contributed by atoms with Crippen LogP contribution in [0.4, 0.5) is 5.69 Å². The molecule has 1 fully saturated rings. The van der Waals surface area contributed by atoms with Gasteiger partial charge in [0.15, 0.2) is 0 Å². The molecule has 1 saturated heterocycles. The highest BCUT2D eigenvalue weighted by Crippen LogP contribution is 2.22. The number of nitrogens with zero attached hydrogens (tertiary/aromatic N) is 1. The molecule has 0 saturated carbocycles. The normalized spacial score (nSPS) is 25.1. The molecule has 2 atom stereocenters.